The van der Waals surface area contributed by atoms with Crippen molar-refractivity contribution in [2.75, 3.05) is 16.2 Å². The molecule has 30 heavy (non-hydrogen) atoms. The molecule has 3 aromatic rings. The maximum atomic E-state index is 14.2. The second-order valence-electron chi connectivity index (χ2n) is 6.35. The predicted octanol–water partition coefficient (Wildman–Crippen LogP) is 4.78. The summed E-state index contributed by atoms with van der Waals surface area (Å²) in [5, 5.41) is 7.55. The molecular weight excluding hydrogens is 410 g/mol. The number of rotatable bonds is 7. The van der Waals surface area contributed by atoms with Crippen molar-refractivity contribution in [1.29, 1.82) is 5.41 Å². The number of nitrogens with one attached hydrogen (secondary N) is 2. The topological polar surface area (TPSA) is 93.1 Å². The Hall–Kier alpha value is -3.33. The zero-order chi connectivity index (χ0) is 21.8. The van der Waals surface area contributed by atoms with Gasteiger partial charge < -0.3 is 25.2 Å². The third-order valence-electron chi connectivity index (χ3n) is 4.32. The lowest BCUT2D eigenvalue weighted by atomic mass is 10.0. The maximum absolute atomic E-state index is 14.2. The summed E-state index contributed by atoms with van der Waals surface area (Å²) in [6.45, 7) is 1.99. The number of benzene rings is 2. The summed E-state index contributed by atoms with van der Waals surface area (Å²) < 4.78 is 37.6. The number of nitrogen functional groups attached to an aromatic ring is 1. The van der Waals surface area contributed by atoms with Gasteiger partial charge in [0.1, 0.15) is 11.6 Å². The first-order chi connectivity index (χ1) is 14.3. The van der Waals surface area contributed by atoms with Crippen LogP contribution in [0.25, 0.3) is 11.1 Å². The van der Waals surface area contributed by atoms with Crippen LogP contribution in [-0.2, 0) is 7.05 Å². The van der Waals surface area contributed by atoms with Crippen molar-refractivity contribution in [3.63, 3.8) is 0 Å². The summed E-state index contributed by atoms with van der Waals surface area (Å²) in [4.78, 5) is 12.3. The van der Waals surface area contributed by atoms with Gasteiger partial charge in [0.05, 0.1) is 11.3 Å². The Kier molecular flexibility index (Phi) is 6.41. The second-order valence-corrected chi connectivity index (χ2v) is 7.42. The van der Waals surface area contributed by atoms with E-state index >= 15 is 0 Å². The number of hydrogen-bond donors (Lipinski definition) is 3. The number of hydrogen-bond acceptors (Lipinski definition) is 6. The van der Waals surface area contributed by atoms with Gasteiger partial charge >= 0.3 is 0 Å². The van der Waals surface area contributed by atoms with E-state index in [1.165, 1.54) is 28.8 Å². The predicted molar refractivity (Wildman–Crippen MR) is 118 cm³/mol. The molecule has 3 rings (SSSR count). The molecule has 9 heteroatoms. The Morgan fingerprint density at radius 3 is 2.60 bits per heavy atom. The molecule has 0 aliphatic carbocycles. The van der Waals surface area contributed by atoms with E-state index in [-0.39, 0.29) is 22.7 Å². The van der Waals surface area contributed by atoms with Crippen LogP contribution in [0.15, 0.2) is 47.4 Å². The summed E-state index contributed by atoms with van der Waals surface area (Å²) in [7, 11) is 1.55. The Labute approximate surface area is 176 Å². The molecule has 0 saturated carbocycles. The fourth-order valence-corrected chi connectivity index (χ4v) is 3.29. The van der Waals surface area contributed by atoms with Crippen LogP contribution in [0.5, 0.6) is 11.5 Å². The van der Waals surface area contributed by atoms with Gasteiger partial charge in [0, 0.05) is 48.1 Å². The Morgan fingerprint density at radius 1 is 1.20 bits per heavy atom. The van der Waals surface area contributed by atoms with Crippen molar-refractivity contribution >= 4 is 29.5 Å². The molecule has 1 heterocycles. The first-order valence-corrected chi connectivity index (χ1v) is 9.99. The molecule has 0 amide bonds. The highest BCUT2D eigenvalue weighted by Crippen LogP contribution is 2.39. The maximum Gasteiger partial charge on any atom is 0.261 e. The molecule has 6 nitrogen and oxygen atoms in total. The fraction of sp³-hybridized carbons (Fsp3) is 0.143. The van der Waals surface area contributed by atoms with E-state index in [0.29, 0.717) is 11.1 Å². The van der Waals surface area contributed by atoms with Gasteiger partial charge in [-0.25, -0.2) is 8.78 Å². The summed E-state index contributed by atoms with van der Waals surface area (Å²) in [6.07, 6.45) is 2.43. The van der Waals surface area contributed by atoms with Crippen LogP contribution in [0.1, 0.15) is 12.5 Å². The Balaban J connectivity index is 2.19. The van der Waals surface area contributed by atoms with E-state index in [0.717, 1.165) is 29.8 Å². The van der Waals surface area contributed by atoms with Gasteiger partial charge in [-0.3, -0.25) is 4.79 Å². The van der Waals surface area contributed by atoms with E-state index < -0.39 is 17.2 Å². The van der Waals surface area contributed by atoms with Crippen LogP contribution in [0.3, 0.4) is 0 Å². The SMILES string of the molecule is CCSNc1ccc(Oc2ccc(F)cc2F)c(-c2cn(C)c(=O)c(C=N)c2N)c1. The summed E-state index contributed by atoms with van der Waals surface area (Å²) >= 11 is 1.48. The number of nitrogens with two attached hydrogens (primary N) is 1. The molecule has 1 aromatic heterocycles. The average molecular weight is 430 g/mol. The highest BCUT2D eigenvalue weighted by atomic mass is 32.2. The fourth-order valence-electron chi connectivity index (χ4n) is 2.85. The molecule has 0 aliphatic rings. The van der Waals surface area contributed by atoms with Crippen molar-refractivity contribution in [2.24, 2.45) is 7.05 Å². The van der Waals surface area contributed by atoms with Gasteiger partial charge in [0.15, 0.2) is 11.6 Å². The van der Waals surface area contributed by atoms with Crippen LogP contribution in [-0.4, -0.2) is 16.5 Å². The third-order valence-corrected chi connectivity index (χ3v) is 4.98. The lowest BCUT2D eigenvalue weighted by Crippen LogP contribution is -2.22. The van der Waals surface area contributed by atoms with Crippen molar-refractivity contribution in [2.45, 2.75) is 6.92 Å². The minimum atomic E-state index is -0.849. The standard InChI is InChI=1S/C21H20F2N4O2S/c1-3-30-26-13-5-7-18(29-19-6-4-12(22)8-17(19)23)14(9-13)16-11-27(2)21(28)15(10-24)20(16)25/h4-11,24,26H,3,25H2,1-2H3. The highest BCUT2D eigenvalue weighted by molar-refractivity contribution is 8.00. The van der Waals surface area contributed by atoms with E-state index in [4.69, 9.17) is 15.9 Å². The summed E-state index contributed by atoms with van der Waals surface area (Å²) in [6, 6.07) is 8.16. The molecule has 0 aliphatic heterocycles. The Bertz CT molecular complexity index is 1160. The number of pyridine rings is 1. The quantitative estimate of drug-likeness (QED) is 0.370. The first kappa shape index (κ1) is 21.4. The van der Waals surface area contributed by atoms with Crippen molar-refractivity contribution < 1.29 is 13.5 Å². The van der Waals surface area contributed by atoms with E-state index in [1.54, 1.807) is 25.2 Å². The van der Waals surface area contributed by atoms with Gasteiger partial charge in [-0.15, -0.1) is 0 Å². The number of ether oxygens (including phenoxy) is 1. The zero-order valence-corrected chi connectivity index (χ0v) is 17.1. The zero-order valence-electron chi connectivity index (χ0n) is 16.3. The van der Waals surface area contributed by atoms with E-state index in [9.17, 15) is 13.6 Å². The van der Waals surface area contributed by atoms with Crippen molar-refractivity contribution in [3.8, 4) is 22.6 Å². The molecule has 156 valence electrons. The van der Waals surface area contributed by atoms with E-state index in [2.05, 4.69) is 4.72 Å². The smallest absolute Gasteiger partial charge is 0.261 e. The lowest BCUT2D eigenvalue weighted by Gasteiger charge is -2.17. The number of aromatic nitrogens is 1. The lowest BCUT2D eigenvalue weighted by molar-refractivity contribution is 0.439. The van der Waals surface area contributed by atoms with Crippen LogP contribution in [0.2, 0.25) is 0 Å². The number of aryl methyl sites for hydroxylation is 1. The molecule has 2 aromatic carbocycles. The van der Waals surface area contributed by atoms with E-state index in [1.807, 2.05) is 6.92 Å². The van der Waals surface area contributed by atoms with Crippen molar-refractivity contribution in [1.82, 2.24) is 4.57 Å². The molecule has 0 atom stereocenters. The Morgan fingerprint density at radius 2 is 1.93 bits per heavy atom. The number of nitrogens with zero attached hydrogens (tertiary/aromatic N) is 1. The average Bonchev–Trinajstić information content (AvgIpc) is 2.72. The highest BCUT2D eigenvalue weighted by Gasteiger charge is 2.18. The largest absolute Gasteiger partial charge is 0.454 e. The monoisotopic (exact) mass is 430 g/mol. The molecule has 4 N–H and O–H groups in total. The second kappa shape index (κ2) is 9.00. The molecule has 0 spiro atoms. The van der Waals surface area contributed by atoms with Crippen LogP contribution >= 0.6 is 11.9 Å². The van der Waals surface area contributed by atoms with Gasteiger partial charge in [-0.2, -0.15) is 0 Å². The van der Waals surface area contributed by atoms with Crippen LogP contribution < -0.4 is 20.8 Å². The number of halogens is 2. The molecule has 0 saturated heterocycles. The van der Waals surface area contributed by atoms with Crippen LogP contribution in [0, 0.1) is 17.0 Å². The minimum Gasteiger partial charge on any atom is -0.454 e. The number of anilines is 2. The van der Waals surface area contributed by atoms with Crippen LogP contribution in [0.4, 0.5) is 20.2 Å². The molecule has 0 unspecified atom stereocenters. The van der Waals surface area contributed by atoms with Gasteiger partial charge in [-0.05, 0) is 30.3 Å². The molecule has 0 bridgehead atoms. The van der Waals surface area contributed by atoms with Crippen molar-refractivity contribution in [3.05, 3.63) is 70.1 Å². The van der Waals surface area contributed by atoms with Gasteiger partial charge in [-0.1, -0.05) is 18.9 Å². The first-order valence-electron chi connectivity index (χ1n) is 9.00. The summed E-state index contributed by atoms with van der Waals surface area (Å²) in [5.74, 6) is -0.632. The molecule has 0 fully saturated rings. The molecule has 0 radical (unpaired) electrons. The normalized spacial score (nSPS) is 10.7. The third kappa shape index (κ3) is 4.30. The summed E-state index contributed by atoms with van der Waals surface area (Å²) in [5.41, 5.74) is 7.60. The molecular formula is C21H20F2N4O2S. The minimum absolute atomic E-state index is 0.0372. The van der Waals surface area contributed by atoms with Gasteiger partial charge in [0.25, 0.3) is 5.56 Å². The van der Waals surface area contributed by atoms with Gasteiger partial charge in [0.2, 0.25) is 0 Å².